The Hall–Kier alpha value is -2.70. The Morgan fingerprint density at radius 1 is 1.04 bits per heavy atom. The molecule has 1 aromatic heterocycles. The normalized spacial score (nSPS) is 17.4. The van der Waals surface area contributed by atoms with Gasteiger partial charge in [0.25, 0.3) is 0 Å². The van der Waals surface area contributed by atoms with E-state index in [1.54, 1.807) is 16.7 Å². The summed E-state index contributed by atoms with van der Waals surface area (Å²) >= 11 is 0. The fourth-order valence-electron chi connectivity index (χ4n) is 3.70. The van der Waals surface area contributed by atoms with Crippen molar-refractivity contribution >= 4 is 15.7 Å². The van der Waals surface area contributed by atoms with Gasteiger partial charge in [-0.2, -0.15) is 4.31 Å². The number of benzene rings is 2. The van der Waals surface area contributed by atoms with E-state index in [-0.39, 0.29) is 6.04 Å². The molecule has 2 heterocycles. The average Bonchev–Trinajstić information content (AvgIpc) is 2.89. The minimum atomic E-state index is -3.36. The number of anilines is 1. The molecule has 1 atom stereocenters. The molecule has 0 saturated carbocycles. The standard InChI is InChI=1S/C22H23N3O2S/c1-28(26,27)25-16-20-14-19(18-9-11-23-12-10-18)7-8-22(20)24-15-21(25)13-17-5-3-2-4-6-17/h2-12,14,21,24H,13,15-16H2,1H3/t21-/m1/s1. The van der Waals surface area contributed by atoms with Gasteiger partial charge in [0, 0.05) is 37.2 Å². The quantitative estimate of drug-likeness (QED) is 0.736. The third kappa shape index (κ3) is 4.08. The summed E-state index contributed by atoms with van der Waals surface area (Å²) in [5.41, 5.74) is 5.22. The number of rotatable bonds is 4. The molecule has 0 saturated heterocycles. The molecule has 1 aliphatic heterocycles. The molecule has 0 unspecified atom stereocenters. The van der Waals surface area contributed by atoms with Crippen molar-refractivity contribution in [3.8, 4) is 11.1 Å². The van der Waals surface area contributed by atoms with Crippen LogP contribution in [0.4, 0.5) is 5.69 Å². The Morgan fingerprint density at radius 2 is 1.79 bits per heavy atom. The lowest BCUT2D eigenvalue weighted by Crippen LogP contribution is -2.42. The summed E-state index contributed by atoms with van der Waals surface area (Å²) in [7, 11) is -3.36. The van der Waals surface area contributed by atoms with Crippen molar-refractivity contribution in [3.63, 3.8) is 0 Å². The number of hydrogen-bond donors (Lipinski definition) is 1. The highest BCUT2D eigenvalue weighted by molar-refractivity contribution is 7.88. The maximum Gasteiger partial charge on any atom is 0.211 e. The maximum atomic E-state index is 12.6. The van der Waals surface area contributed by atoms with Crippen LogP contribution < -0.4 is 5.32 Å². The van der Waals surface area contributed by atoms with Gasteiger partial charge >= 0.3 is 0 Å². The van der Waals surface area contributed by atoms with Gasteiger partial charge in [0.2, 0.25) is 10.0 Å². The molecular formula is C22H23N3O2S. The van der Waals surface area contributed by atoms with Gasteiger partial charge in [-0.15, -0.1) is 0 Å². The summed E-state index contributed by atoms with van der Waals surface area (Å²) in [5, 5.41) is 3.46. The van der Waals surface area contributed by atoms with Crippen LogP contribution in [0.3, 0.4) is 0 Å². The van der Waals surface area contributed by atoms with Crippen LogP contribution in [0.1, 0.15) is 11.1 Å². The summed E-state index contributed by atoms with van der Waals surface area (Å²) in [5.74, 6) is 0. The lowest BCUT2D eigenvalue weighted by molar-refractivity contribution is 0.328. The molecule has 0 spiro atoms. The van der Waals surface area contributed by atoms with E-state index in [1.807, 2.05) is 48.5 Å². The molecule has 1 aliphatic rings. The van der Waals surface area contributed by atoms with Crippen LogP contribution in [0, 0.1) is 0 Å². The largest absolute Gasteiger partial charge is 0.383 e. The van der Waals surface area contributed by atoms with Crippen LogP contribution in [0.25, 0.3) is 11.1 Å². The second-order valence-corrected chi connectivity index (χ2v) is 9.08. The minimum Gasteiger partial charge on any atom is -0.383 e. The predicted octanol–water partition coefficient (Wildman–Crippen LogP) is 3.55. The topological polar surface area (TPSA) is 62.3 Å². The smallest absolute Gasteiger partial charge is 0.211 e. The number of fused-ring (bicyclic) bond motifs is 1. The van der Waals surface area contributed by atoms with Crippen molar-refractivity contribution in [1.29, 1.82) is 0 Å². The highest BCUT2D eigenvalue weighted by atomic mass is 32.2. The number of hydrogen-bond acceptors (Lipinski definition) is 4. The van der Waals surface area contributed by atoms with Crippen LogP contribution >= 0.6 is 0 Å². The second kappa shape index (κ2) is 7.73. The molecular weight excluding hydrogens is 370 g/mol. The van der Waals surface area contributed by atoms with Gasteiger partial charge in [0.05, 0.1) is 6.26 Å². The van der Waals surface area contributed by atoms with E-state index < -0.39 is 10.0 Å². The van der Waals surface area contributed by atoms with Crippen LogP contribution in [-0.4, -0.2) is 36.5 Å². The van der Waals surface area contributed by atoms with Gasteiger partial charge in [-0.1, -0.05) is 36.4 Å². The monoisotopic (exact) mass is 393 g/mol. The molecule has 28 heavy (non-hydrogen) atoms. The summed E-state index contributed by atoms with van der Waals surface area (Å²) in [4.78, 5) is 4.07. The van der Waals surface area contributed by atoms with Gasteiger partial charge < -0.3 is 5.32 Å². The van der Waals surface area contributed by atoms with Crippen LogP contribution in [0.5, 0.6) is 0 Å². The second-order valence-electron chi connectivity index (χ2n) is 7.14. The van der Waals surface area contributed by atoms with E-state index >= 15 is 0 Å². The number of nitrogens with one attached hydrogen (secondary N) is 1. The molecule has 4 rings (SSSR count). The molecule has 0 bridgehead atoms. The first-order valence-corrected chi connectivity index (χ1v) is 11.1. The third-order valence-corrected chi connectivity index (χ3v) is 6.40. The molecule has 1 N–H and O–H groups in total. The average molecular weight is 394 g/mol. The van der Waals surface area contributed by atoms with Gasteiger partial charge in [-0.3, -0.25) is 4.98 Å². The fraction of sp³-hybridized carbons (Fsp3) is 0.227. The molecule has 0 radical (unpaired) electrons. The summed E-state index contributed by atoms with van der Waals surface area (Å²) in [6.07, 6.45) is 5.49. The van der Waals surface area contributed by atoms with Crippen molar-refractivity contribution in [3.05, 3.63) is 84.2 Å². The van der Waals surface area contributed by atoms with Crippen molar-refractivity contribution < 1.29 is 8.42 Å². The van der Waals surface area contributed by atoms with Gasteiger partial charge in [0.1, 0.15) is 0 Å². The molecule has 0 amide bonds. The molecule has 3 aromatic rings. The molecule has 5 nitrogen and oxygen atoms in total. The van der Waals surface area contributed by atoms with Gasteiger partial charge in [-0.05, 0) is 52.9 Å². The predicted molar refractivity (Wildman–Crippen MR) is 112 cm³/mol. The summed E-state index contributed by atoms with van der Waals surface area (Å²) in [6, 6.07) is 20.0. The lowest BCUT2D eigenvalue weighted by Gasteiger charge is -2.27. The van der Waals surface area contributed by atoms with E-state index in [2.05, 4.69) is 22.4 Å². The first-order valence-electron chi connectivity index (χ1n) is 9.28. The molecule has 0 aliphatic carbocycles. The Bertz CT molecular complexity index is 1050. The zero-order valence-electron chi connectivity index (χ0n) is 15.7. The lowest BCUT2D eigenvalue weighted by atomic mass is 10.0. The molecule has 144 valence electrons. The van der Waals surface area contributed by atoms with E-state index in [9.17, 15) is 8.42 Å². The third-order valence-electron chi connectivity index (χ3n) is 5.12. The molecule has 6 heteroatoms. The molecule has 0 fully saturated rings. The number of nitrogens with zero attached hydrogens (tertiary/aromatic N) is 2. The first kappa shape index (κ1) is 18.7. The number of aromatic nitrogens is 1. The summed E-state index contributed by atoms with van der Waals surface area (Å²) in [6.45, 7) is 0.932. The first-order chi connectivity index (χ1) is 13.5. The summed E-state index contributed by atoms with van der Waals surface area (Å²) < 4.78 is 26.8. The fourth-order valence-corrected chi connectivity index (χ4v) is 4.76. The Labute approximate surface area is 166 Å². The minimum absolute atomic E-state index is 0.144. The van der Waals surface area contributed by atoms with Crippen molar-refractivity contribution in [2.45, 2.75) is 19.0 Å². The SMILES string of the molecule is CS(=O)(=O)N1Cc2cc(-c3ccncc3)ccc2NC[C@H]1Cc1ccccc1. The number of pyridine rings is 1. The van der Waals surface area contributed by atoms with E-state index in [4.69, 9.17) is 0 Å². The van der Waals surface area contributed by atoms with E-state index in [0.717, 1.165) is 27.9 Å². The van der Waals surface area contributed by atoms with E-state index in [1.165, 1.54) is 6.26 Å². The zero-order valence-corrected chi connectivity index (χ0v) is 16.6. The van der Waals surface area contributed by atoms with Crippen LogP contribution in [0.2, 0.25) is 0 Å². The molecule has 2 aromatic carbocycles. The Balaban J connectivity index is 1.68. The van der Waals surface area contributed by atoms with Crippen molar-refractivity contribution in [2.75, 3.05) is 18.1 Å². The maximum absolute atomic E-state index is 12.6. The van der Waals surface area contributed by atoms with Crippen molar-refractivity contribution in [2.24, 2.45) is 0 Å². The van der Waals surface area contributed by atoms with Gasteiger partial charge in [-0.25, -0.2) is 8.42 Å². The van der Waals surface area contributed by atoms with Crippen LogP contribution in [-0.2, 0) is 23.0 Å². The number of sulfonamides is 1. The van der Waals surface area contributed by atoms with Gasteiger partial charge in [0.15, 0.2) is 0 Å². The Kier molecular flexibility index (Phi) is 5.15. The van der Waals surface area contributed by atoms with Crippen LogP contribution in [0.15, 0.2) is 73.1 Å². The zero-order chi connectivity index (χ0) is 19.6. The van der Waals surface area contributed by atoms with E-state index in [0.29, 0.717) is 19.5 Å². The Morgan fingerprint density at radius 3 is 2.50 bits per heavy atom. The highest BCUT2D eigenvalue weighted by Gasteiger charge is 2.30. The van der Waals surface area contributed by atoms with Crippen molar-refractivity contribution in [1.82, 2.24) is 9.29 Å². The highest BCUT2D eigenvalue weighted by Crippen LogP contribution is 2.30.